The number of hydrogen-bond donors (Lipinski definition) is 0. The van der Waals surface area contributed by atoms with Crippen LogP contribution in [0.5, 0.6) is 0 Å². The van der Waals surface area contributed by atoms with E-state index < -0.39 is 0 Å². The topological polar surface area (TPSA) is 9.23 Å². The minimum absolute atomic E-state index is 0.879. The van der Waals surface area contributed by atoms with E-state index in [1.54, 1.807) is 0 Å². The second-order valence-electron chi connectivity index (χ2n) is 2.28. The molecule has 0 unspecified atom stereocenters. The van der Waals surface area contributed by atoms with Crippen LogP contribution in [-0.4, -0.2) is 13.2 Å². The van der Waals surface area contributed by atoms with Crippen molar-refractivity contribution in [3.8, 4) is 0 Å². The first-order chi connectivity index (χ1) is 4.91. The fraction of sp³-hybridized carbons (Fsp3) is 0.778. The Kier molecular flexibility index (Phi) is 8.44. The summed E-state index contributed by atoms with van der Waals surface area (Å²) in [6.45, 7) is 6.05. The molecular weight excluding hydrogens is 124 g/mol. The predicted octanol–water partition coefficient (Wildman–Crippen LogP) is 2.77. The van der Waals surface area contributed by atoms with Gasteiger partial charge in [0.05, 0.1) is 6.61 Å². The van der Waals surface area contributed by atoms with Crippen molar-refractivity contribution in [3.05, 3.63) is 12.2 Å². The average Bonchev–Trinajstić information content (AvgIpc) is 1.97. The first-order valence-corrected chi connectivity index (χ1v) is 4.14. The van der Waals surface area contributed by atoms with Gasteiger partial charge < -0.3 is 4.74 Å². The summed E-state index contributed by atoms with van der Waals surface area (Å²) in [5.74, 6) is 0. The lowest BCUT2D eigenvalue weighted by Gasteiger charge is -1.96. The third-order valence-electron chi connectivity index (χ3n) is 1.18. The van der Waals surface area contributed by atoms with Crippen molar-refractivity contribution in [1.29, 1.82) is 0 Å². The highest BCUT2D eigenvalue weighted by atomic mass is 16.5. The van der Waals surface area contributed by atoms with Gasteiger partial charge in [0, 0.05) is 6.61 Å². The van der Waals surface area contributed by atoms with Crippen molar-refractivity contribution >= 4 is 0 Å². The largest absolute Gasteiger partial charge is 0.381 e. The smallest absolute Gasteiger partial charge is 0.0500 e. The standard InChI is InChI=1S/C9H18O/c1-3-5-6-7-9-10-8-4-2/h5-6H,3-4,7-9H2,1-2H3/b6-5-. The molecule has 1 heteroatoms. The van der Waals surface area contributed by atoms with E-state index in [9.17, 15) is 0 Å². The first kappa shape index (κ1) is 9.70. The molecular formula is C9H18O. The van der Waals surface area contributed by atoms with Gasteiger partial charge in [-0.1, -0.05) is 26.0 Å². The number of hydrogen-bond acceptors (Lipinski definition) is 1. The van der Waals surface area contributed by atoms with Crippen LogP contribution in [0.25, 0.3) is 0 Å². The van der Waals surface area contributed by atoms with E-state index in [0.29, 0.717) is 0 Å². The molecule has 0 aromatic carbocycles. The molecule has 0 atom stereocenters. The lowest BCUT2D eigenvalue weighted by atomic mass is 10.3. The van der Waals surface area contributed by atoms with Gasteiger partial charge in [0.15, 0.2) is 0 Å². The molecule has 10 heavy (non-hydrogen) atoms. The Morgan fingerprint density at radius 2 is 1.90 bits per heavy atom. The van der Waals surface area contributed by atoms with Gasteiger partial charge in [-0.3, -0.25) is 0 Å². The summed E-state index contributed by atoms with van der Waals surface area (Å²) in [5.41, 5.74) is 0. The van der Waals surface area contributed by atoms with Gasteiger partial charge >= 0.3 is 0 Å². The summed E-state index contributed by atoms with van der Waals surface area (Å²) >= 11 is 0. The van der Waals surface area contributed by atoms with Crippen LogP contribution in [0.4, 0.5) is 0 Å². The maximum atomic E-state index is 5.28. The maximum absolute atomic E-state index is 5.28. The minimum Gasteiger partial charge on any atom is -0.381 e. The minimum atomic E-state index is 0.879. The monoisotopic (exact) mass is 142 g/mol. The van der Waals surface area contributed by atoms with Crippen LogP contribution in [0.15, 0.2) is 12.2 Å². The van der Waals surface area contributed by atoms with Crippen LogP contribution in [0.2, 0.25) is 0 Å². The van der Waals surface area contributed by atoms with E-state index in [1.807, 2.05) is 0 Å². The molecule has 60 valence electrons. The van der Waals surface area contributed by atoms with Crippen LogP contribution in [0, 0.1) is 0 Å². The molecule has 0 fully saturated rings. The van der Waals surface area contributed by atoms with Gasteiger partial charge in [-0.05, 0) is 19.3 Å². The maximum Gasteiger partial charge on any atom is 0.0500 e. The molecule has 0 aliphatic carbocycles. The van der Waals surface area contributed by atoms with Gasteiger partial charge in [0.1, 0.15) is 0 Å². The zero-order valence-electron chi connectivity index (χ0n) is 7.10. The van der Waals surface area contributed by atoms with Crippen molar-refractivity contribution in [2.24, 2.45) is 0 Å². The third kappa shape index (κ3) is 7.70. The summed E-state index contributed by atoms with van der Waals surface area (Å²) in [6.07, 6.45) is 7.67. The van der Waals surface area contributed by atoms with Crippen molar-refractivity contribution in [1.82, 2.24) is 0 Å². The Morgan fingerprint density at radius 3 is 2.50 bits per heavy atom. The van der Waals surface area contributed by atoms with E-state index in [1.165, 1.54) is 0 Å². The second kappa shape index (κ2) is 8.70. The molecule has 0 N–H and O–H groups in total. The Balaban J connectivity index is 2.83. The molecule has 0 rings (SSSR count). The van der Waals surface area contributed by atoms with Crippen molar-refractivity contribution in [3.63, 3.8) is 0 Å². The predicted molar refractivity (Wildman–Crippen MR) is 45.2 cm³/mol. The Morgan fingerprint density at radius 1 is 1.10 bits per heavy atom. The molecule has 0 heterocycles. The molecule has 0 aliphatic rings. The molecule has 0 aromatic rings. The summed E-state index contributed by atoms with van der Waals surface area (Å²) < 4.78 is 5.28. The van der Waals surface area contributed by atoms with E-state index in [2.05, 4.69) is 26.0 Å². The molecule has 0 aromatic heterocycles. The van der Waals surface area contributed by atoms with Crippen molar-refractivity contribution in [2.45, 2.75) is 33.1 Å². The van der Waals surface area contributed by atoms with Crippen LogP contribution in [-0.2, 0) is 4.74 Å². The normalized spacial score (nSPS) is 11.0. The van der Waals surface area contributed by atoms with Gasteiger partial charge in [-0.15, -0.1) is 0 Å². The summed E-state index contributed by atoms with van der Waals surface area (Å²) in [5, 5.41) is 0. The van der Waals surface area contributed by atoms with Crippen LogP contribution >= 0.6 is 0 Å². The highest BCUT2D eigenvalue weighted by Crippen LogP contribution is 1.88. The van der Waals surface area contributed by atoms with E-state index in [0.717, 1.165) is 32.5 Å². The Hall–Kier alpha value is -0.300. The second-order valence-corrected chi connectivity index (χ2v) is 2.28. The quantitative estimate of drug-likeness (QED) is 0.409. The van der Waals surface area contributed by atoms with Crippen molar-refractivity contribution < 1.29 is 4.74 Å². The van der Waals surface area contributed by atoms with Gasteiger partial charge in [0.25, 0.3) is 0 Å². The summed E-state index contributed by atoms with van der Waals surface area (Å²) in [4.78, 5) is 0. The molecule has 0 radical (unpaired) electrons. The first-order valence-electron chi connectivity index (χ1n) is 4.14. The molecule has 1 nitrogen and oxygen atoms in total. The van der Waals surface area contributed by atoms with E-state index in [4.69, 9.17) is 4.74 Å². The van der Waals surface area contributed by atoms with E-state index >= 15 is 0 Å². The summed E-state index contributed by atoms with van der Waals surface area (Å²) in [6, 6.07) is 0. The molecule has 0 saturated carbocycles. The number of allylic oxidation sites excluding steroid dienone is 1. The lowest BCUT2D eigenvalue weighted by Crippen LogP contribution is -1.93. The zero-order chi connectivity index (χ0) is 7.66. The van der Waals surface area contributed by atoms with Gasteiger partial charge in [-0.25, -0.2) is 0 Å². The molecule has 0 amide bonds. The SMILES string of the molecule is CC/C=C\CCOCCC. The van der Waals surface area contributed by atoms with E-state index in [-0.39, 0.29) is 0 Å². The summed E-state index contributed by atoms with van der Waals surface area (Å²) in [7, 11) is 0. The fourth-order valence-electron chi connectivity index (χ4n) is 0.682. The lowest BCUT2D eigenvalue weighted by molar-refractivity contribution is 0.139. The number of rotatable bonds is 6. The van der Waals surface area contributed by atoms with Crippen LogP contribution in [0.1, 0.15) is 33.1 Å². The van der Waals surface area contributed by atoms with Crippen LogP contribution in [0.3, 0.4) is 0 Å². The molecule has 0 spiro atoms. The van der Waals surface area contributed by atoms with Gasteiger partial charge in [-0.2, -0.15) is 0 Å². The number of ether oxygens (including phenoxy) is 1. The van der Waals surface area contributed by atoms with Gasteiger partial charge in [0.2, 0.25) is 0 Å². The Labute approximate surface area is 64.1 Å². The zero-order valence-corrected chi connectivity index (χ0v) is 7.10. The third-order valence-corrected chi connectivity index (χ3v) is 1.18. The molecule has 0 aliphatic heterocycles. The Bertz CT molecular complexity index is 76.8. The fourth-order valence-corrected chi connectivity index (χ4v) is 0.682. The van der Waals surface area contributed by atoms with Crippen molar-refractivity contribution in [2.75, 3.05) is 13.2 Å². The highest BCUT2D eigenvalue weighted by molar-refractivity contribution is 4.79. The highest BCUT2D eigenvalue weighted by Gasteiger charge is 1.81. The average molecular weight is 142 g/mol. The molecule has 0 saturated heterocycles. The van der Waals surface area contributed by atoms with Crippen LogP contribution < -0.4 is 0 Å². The molecule has 0 bridgehead atoms.